The summed E-state index contributed by atoms with van der Waals surface area (Å²) in [7, 11) is 0. The zero-order valence-electron chi connectivity index (χ0n) is 19.3. The van der Waals surface area contributed by atoms with Gasteiger partial charge in [-0.25, -0.2) is 9.97 Å². The van der Waals surface area contributed by atoms with Gasteiger partial charge in [0.15, 0.2) is 5.65 Å². The monoisotopic (exact) mass is 517 g/mol. The third-order valence-corrected chi connectivity index (χ3v) is 6.25. The van der Waals surface area contributed by atoms with Crippen LogP contribution < -0.4 is 10.6 Å². The molecule has 0 spiro atoms. The lowest BCUT2D eigenvalue weighted by molar-refractivity contribution is -0.138. The molecule has 0 atom stereocenters. The van der Waals surface area contributed by atoms with E-state index in [-0.39, 0.29) is 17.0 Å². The number of aromatic nitrogens is 3. The van der Waals surface area contributed by atoms with Crippen LogP contribution in [0.3, 0.4) is 0 Å². The zero-order valence-corrected chi connectivity index (χ0v) is 19.3. The van der Waals surface area contributed by atoms with Crippen LogP contribution in [0.15, 0.2) is 60.8 Å². The van der Waals surface area contributed by atoms with Crippen molar-refractivity contribution in [2.24, 2.45) is 0 Å². The Hall–Kier alpha value is -3.73. The van der Waals surface area contributed by atoms with E-state index in [4.69, 9.17) is 0 Å². The number of hydrogen-bond donors (Lipinski definition) is 2. The minimum atomic E-state index is -4.61. The van der Waals surface area contributed by atoms with E-state index in [1.807, 2.05) is 0 Å². The summed E-state index contributed by atoms with van der Waals surface area (Å²) in [6.07, 6.45) is -4.57. The van der Waals surface area contributed by atoms with Crippen LogP contribution in [0.4, 0.5) is 37.7 Å². The molecule has 4 aromatic rings. The molecule has 1 aliphatic carbocycles. The Morgan fingerprint density at radius 2 is 1.62 bits per heavy atom. The molecule has 1 aliphatic rings. The lowest BCUT2D eigenvalue weighted by atomic mass is 9.93. The van der Waals surface area contributed by atoms with Gasteiger partial charge in [-0.15, -0.1) is 0 Å². The number of nitrogens with one attached hydrogen (secondary N) is 2. The molecule has 0 radical (unpaired) electrons. The Morgan fingerprint density at radius 1 is 0.865 bits per heavy atom. The van der Waals surface area contributed by atoms with Gasteiger partial charge in [0.2, 0.25) is 0 Å². The van der Waals surface area contributed by atoms with Gasteiger partial charge in [0, 0.05) is 29.9 Å². The molecule has 3 heterocycles. The first-order valence-electron chi connectivity index (χ1n) is 11.6. The van der Waals surface area contributed by atoms with E-state index in [0.29, 0.717) is 35.0 Å². The molecule has 0 unspecified atom stereocenters. The molecule has 5 nitrogen and oxygen atoms in total. The standard InChI is InChI=1S/C26H21F6N5/c27-25(28,29)15-6-8-17(9-7-15)35-22-13-18(14-34-16-3-1-4-16)36-24-19(22)10-11-21(37-24)23-20(26(30,31)32)5-2-12-33-23/h2,5-13,16,34H,1,3-4,14H2,(H,35,36,37). The molecule has 1 saturated carbocycles. The molecule has 0 bridgehead atoms. The van der Waals surface area contributed by atoms with Crippen molar-refractivity contribution in [3.8, 4) is 11.4 Å². The minimum Gasteiger partial charge on any atom is -0.355 e. The van der Waals surface area contributed by atoms with Crippen LogP contribution in [-0.2, 0) is 18.9 Å². The molecule has 5 rings (SSSR count). The summed E-state index contributed by atoms with van der Waals surface area (Å²) >= 11 is 0. The van der Waals surface area contributed by atoms with E-state index in [9.17, 15) is 26.3 Å². The summed E-state index contributed by atoms with van der Waals surface area (Å²) in [5.74, 6) is 0. The highest BCUT2D eigenvalue weighted by atomic mass is 19.4. The van der Waals surface area contributed by atoms with Gasteiger partial charge in [0.1, 0.15) is 5.69 Å². The molecular formula is C26H21F6N5. The molecule has 3 aromatic heterocycles. The Bertz CT molecular complexity index is 1410. The van der Waals surface area contributed by atoms with Gasteiger partial charge >= 0.3 is 12.4 Å². The summed E-state index contributed by atoms with van der Waals surface area (Å²) in [4.78, 5) is 12.9. The highest BCUT2D eigenvalue weighted by Gasteiger charge is 2.35. The number of nitrogens with zero attached hydrogens (tertiary/aromatic N) is 3. The number of pyridine rings is 3. The largest absolute Gasteiger partial charge is 0.418 e. The van der Waals surface area contributed by atoms with Crippen LogP contribution in [0, 0.1) is 0 Å². The fourth-order valence-corrected chi connectivity index (χ4v) is 4.08. The molecule has 0 saturated heterocycles. The van der Waals surface area contributed by atoms with E-state index < -0.39 is 23.5 Å². The predicted octanol–water partition coefficient (Wildman–Crippen LogP) is 7.12. The first-order valence-corrected chi connectivity index (χ1v) is 11.6. The summed E-state index contributed by atoms with van der Waals surface area (Å²) in [6.45, 7) is 0.408. The first kappa shape index (κ1) is 24.9. The van der Waals surface area contributed by atoms with Crippen molar-refractivity contribution in [2.75, 3.05) is 5.32 Å². The average molecular weight is 517 g/mol. The number of hydrogen-bond acceptors (Lipinski definition) is 5. The topological polar surface area (TPSA) is 62.7 Å². The Labute approximate surface area is 208 Å². The van der Waals surface area contributed by atoms with Gasteiger partial charge < -0.3 is 10.6 Å². The summed E-state index contributed by atoms with van der Waals surface area (Å²) in [5.41, 5.74) is -0.267. The van der Waals surface area contributed by atoms with Gasteiger partial charge in [-0.3, -0.25) is 4.98 Å². The van der Waals surface area contributed by atoms with Crippen LogP contribution in [0.25, 0.3) is 22.4 Å². The molecule has 0 amide bonds. The van der Waals surface area contributed by atoms with Gasteiger partial charge in [0.25, 0.3) is 0 Å². The van der Waals surface area contributed by atoms with E-state index >= 15 is 0 Å². The quantitative estimate of drug-likeness (QED) is 0.267. The van der Waals surface area contributed by atoms with Crippen LogP contribution >= 0.6 is 0 Å². The van der Waals surface area contributed by atoms with Gasteiger partial charge in [-0.05, 0) is 67.4 Å². The van der Waals surface area contributed by atoms with Crippen molar-refractivity contribution in [1.82, 2.24) is 20.3 Å². The second-order valence-corrected chi connectivity index (χ2v) is 8.83. The van der Waals surface area contributed by atoms with Crippen LogP contribution in [0.1, 0.15) is 36.1 Å². The molecule has 192 valence electrons. The highest BCUT2D eigenvalue weighted by molar-refractivity contribution is 5.92. The van der Waals surface area contributed by atoms with E-state index in [0.717, 1.165) is 37.5 Å². The van der Waals surface area contributed by atoms with Crippen molar-refractivity contribution in [3.63, 3.8) is 0 Å². The van der Waals surface area contributed by atoms with E-state index in [2.05, 4.69) is 25.6 Å². The molecule has 37 heavy (non-hydrogen) atoms. The fourth-order valence-electron chi connectivity index (χ4n) is 4.08. The molecule has 11 heteroatoms. The number of halogens is 6. The molecular weight excluding hydrogens is 496 g/mol. The van der Waals surface area contributed by atoms with Crippen LogP contribution in [-0.4, -0.2) is 21.0 Å². The van der Waals surface area contributed by atoms with Crippen molar-refractivity contribution < 1.29 is 26.3 Å². The van der Waals surface area contributed by atoms with E-state index in [1.54, 1.807) is 12.1 Å². The molecule has 2 N–H and O–H groups in total. The summed E-state index contributed by atoms with van der Waals surface area (Å²) < 4.78 is 79.5. The third kappa shape index (κ3) is 5.51. The molecule has 1 aromatic carbocycles. The second kappa shape index (κ2) is 9.62. The van der Waals surface area contributed by atoms with Gasteiger partial charge in [0.05, 0.1) is 28.2 Å². The smallest absolute Gasteiger partial charge is 0.355 e. The maximum absolute atomic E-state index is 13.6. The second-order valence-electron chi connectivity index (χ2n) is 8.83. The maximum atomic E-state index is 13.6. The van der Waals surface area contributed by atoms with Crippen molar-refractivity contribution in [2.45, 2.75) is 44.2 Å². The fraction of sp³-hybridized carbons (Fsp3) is 0.269. The third-order valence-electron chi connectivity index (χ3n) is 6.25. The number of rotatable bonds is 6. The SMILES string of the molecule is FC(F)(F)c1ccc(Nc2cc(CNC3CCC3)nc3nc(-c4ncccc4C(F)(F)F)ccc23)cc1. The maximum Gasteiger partial charge on any atom is 0.418 e. The zero-order chi connectivity index (χ0) is 26.2. The average Bonchev–Trinajstić information content (AvgIpc) is 2.82. The van der Waals surface area contributed by atoms with Crippen LogP contribution in [0.2, 0.25) is 0 Å². The highest BCUT2D eigenvalue weighted by Crippen LogP contribution is 2.36. The normalized spacial score (nSPS) is 14.5. The van der Waals surface area contributed by atoms with Crippen molar-refractivity contribution in [3.05, 3.63) is 77.6 Å². The summed E-state index contributed by atoms with van der Waals surface area (Å²) in [5, 5.41) is 6.99. The lowest BCUT2D eigenvalue weighted by Gasteiger charge is -2.26. The van der Waals surface area contributed by atoms with Crippen molar-refractivity contribution in [1.29, 1.82) is 0 Å². The number of anilines is 2. The Balaban J connectivity index is 1.55. The molecule has 0 aliphatic heterocycles. The van der Waals surface area contributed by atoms with Crippen molar-refractivity contribution >= 4 is 22.4 Å². The van der Waals surface area contributed by atoms with Gasteiger partial charge in [-0.2, -0.15) is 26.3 Å². The Morgan fingerprint density at radius 3 is 2.27 bits per heavy atom. The molecule has 1 fully saturated rings. The first-order chi connectivity index (χ1) is 17.6. The van der Waals surface area contributed by atoms with Gasteiger partial charge in [-0.1, -0.05) is 6.42 Å². The number of alkyl halides is 6. The number of benzene rings is 1. The van der Waals surface area contributed by atoms with E-state index in [1.165, 1.54) is 30.5 Å². The minimum absolute atomic E-state index is 0.0116. The Kier molecular flexibility index (Phi) is 6.49. The number of fused-ring (bicyclic) bond motifs is 1. The van der Waals surface area contributed by atoms with Crippen LogP contribution in [0.5, 0.6) is 0 Å². The predicted molar refractivity (Wildman–Crippen MR) is 127 cm³/mol. The lowest BCUT2D eigenvalue weighted by Crippen LogP contribution is -2.34. The summed E-state index contributed by atoms with van der Waals surface area (Å²) in [6, 6.07) is 11.8.